The number of benzene rings is 2. The smallest absolute Gasteiger partial charge is 0.121 e. The maximum Gasteiger partial charge on any atom is 0.121 e. The van der Waals surface area contributed by atoms with Crippen LogP contribution < -0.4 is 15.8 Å². The highest BCUT2D eigenvalue weighted by atomic mass is 35.5. The molecule has 18 heavy (non-hydrogen) atoms. The molecule has 4 heteroatoms. The minimum atomic E-state index is 0.634. The molecule has 2 rings (SSSR count). The van der Waals surface area contributed by atoms with Gasteiger partial charge in [-0.15, -0.1) is 0 Å². The molecular formula is C14H15ClN2O. The molecule has 0 heterocycles. The van der Waals surface area contributed by atoms with E-state index in [1.165, 1.54) is 0 Å². The molecule has 0 bridgehead atoms. The third-order valence-corrected chi connectivity index (χ3v) is 3.06. The van der Waals surface area contributed by atoms with Crippen LogP contribution in [-0.4, -0.2) is 7.11 Å². The summed E-state index contributed by atoms with van der Waals surface area (Å²) in [6, 6.07) is 11.3. The molecule has 0 radical (unpaired) electrons. The molecule has 0 aromatic heterocycles. The highest BCUT2D eigenvalue weighted by Gasteiger charge is 2.04. The average molecular weight is 263 g/mol. The van der Waals surface area contributed by atoms with Crippen molar-refractivity contribution in [2.45, 2.75) is 6.92 Å². The van der Waals surface area contributed by atoms with Gasteiger partial charge in [-0.25, -0.2) is 0 Å². The van der Waals surface area contributed by atoms with Crippen molar-refractivity contribution in [2.24, 2.45) is 0 Å². The molecule has 3 nitrogen and oxygen atoms in total. The molecule has 0 saturated carbocycles. The van der Waals surface area contributed by atoms with Crippen molar-refractivity contribution in [3.05, 3.63) is 47.0 Å². The van der Waals surface area contributed by atoms with Gasteiger partial charge in [-0.1, -0.05) is 17.7 Å². The Kier molecular flexibility index (Phi) is 3.63. The zero-order valence-corrected chi connectivity index (χ0v) is 11.1. The van der Waals surface area contributed by atoms with E-state index in [9.17, 15) is 0 Å². The van der Waals surface area contributed by atoms with Gasteiger partial charge in [0.15, 0.2) is 0 Å². The minimum Gasteiger partial charge on any atom is -0.497 e. The summed E-state index contributed by atoms with van der Waals surface area (Å²) in [7, 11) is 1.62. The molecule has 0 spiro atoms. The quantitative estimate of drug-likeness (QED) is 0.823. The lowest BCUT2D eigenvalue weighted by Gasteiger charge is -2.11. The molecular weight excluding hydrogens is 248 g/mol. The van der Waals surface area contributed by atoms with Gasteiger partial charge in [0.1, 0.15) is 5.75 Å². The number of hydrogen-bond donors (Lipinski definition) is 2. The zero-order valence-electron chi connectivity index (χ0n) is 10.3. The van der Waals surface area contributed by atoms with E-state index in [1.807, 2.05) is 37.3 Å². The maximum atomic E-state index is 6.12. The Morgan fingerprint density at radius 1 is 1.17 bits per heavy atom. The van der Waals surface area contributed by atoms with E-state index >= 15 is 0 Å². The number of hydrogen-bond acceptors (Lipinski definition) is 3. The largest absolute Gasteiger partial charge is 0.497 e. The summed E-state index contributed by atoms with van der Waals surface area (Å²) in [5, 5.41) is 3.86. The summed E-state index contributed by atoms with van der Waals surface area (Å²) in [5.74, 6) is 0.752. The molecule has 0 fully saturated rings. The fraction of sp³-hybridized carbons (Fsp3) is 0.143. The van der Waals surface area contributed by atoms with Crippen molar-refractivity contribution in [3.8, 4) is 5.75 Å². The number of nitrogens with two attached hydrogens (primary N) is 1. The van der Waals surface area contributed by atoms with Gasteiger partial charge in [-0.05, 0) is 36.8 Å². The van der Waals surface area contributed by atoms with Crippen LogP contribution in [0.1, 0.15) is 5.56 Å². The molecule has 2 aromatic carbocycles. The predicted octanol–water partition coefficient (Wildman–Crippen LogP) is 3.98. The Bertz CT molecular complexity index is 570. The molecule has 0 amide bonds. The summed E-state index contributed by atoms with van der Waals surface area (Å²) < 4.78 is 5.17. The van der Waals surface area contributed by atoms with Gasteiger partial charge >= 0.3 is 0 Å². The first-order chi connectivity index (χ1) is 8.60. The Hall–Kier alpha value is -1.87. The van der Waals surface area contributed by atoms with Gasteiger partial charge in [0.05, 0.1) is 17.8 Å². The molecule has 2 aromatic rings. The lowest BCUT2D eigenvalue weighted by Crippen LogP contribution is -1.95. The van der Waals surface area contributed by atoms with Gasteiger partial charge in [-0.2, -0.15) is 0 Å². The minimum absolute atomic E-state index is 0.634. The van der Waals surface area contributed by atoms with Crippen molar-refractivity contribution >= 4 is 28.7 Å². The van der Waals surface area contributed by atoms with Crippen molar-refractivity contribution in [2.75, 3.05) is 18.2 Å². The summed E-state index contributed by atoms with van der Waals surface area (Å²) in [6.07, 6.45) is 0. The molecule has 3 N–H and O–H groups in total. The highest BCUT2D eigenvalue weighted by Crippen LogP contribution is 2.30. The summed E-state index contributed by atoms with van der Waals surface area (Å²) in [5.41, 5.74) is 9.36. The Balaban J connectivity index is 2.30. The number of aryl methyl sites for hydroxylation is 1. The van der Waals surface area contributed by atoms with E-state index in [-0.39, 0.29) is 0 Å². The van der Waals surface area contributed by atoms with Gasteiger partial charge in [0, 0.05) is 17.4 Å². The van der Waals surface area contributed by atoms with E-state index in [2.05, 4.69) is 5.32 Å². The number of anilines is 3. The van der Waals surface area contributed by atoms with Crippen molar-refractivity contribution < 1.29 is 4.74 Å². The molecule has 0 unspecified atom stereocenters. The third-order valence-electron chi connectivity index (χ3n) is 2.73. The SMILES string of the molecule is COc1ccc(Cl)c(Nc2ccc(C)c(N)c2)c1. The van der Waals surface area contributed by atoms with E-state index in [1.54, 1.807) is 13.2 Å². The standard InChI is InChI=1S/C14H15ClN2O/c1-9-3-4-10(7-13(9)16)17-14-8-11(18-2)5-6-12(14)15/h3-8,17H,16H2,1-2H3. The van der Waals surface area contributed by atoms with Gasteiger partial charge in [0.25, 0.3) is 0 Å². The lowest BCUT2D eigenvalue weighted by molar-refractivity contribution is 0.415. The average Bonchev–Trinajstić information content (AvgIpc) is 2.36. The lowest BCUT2D eigenvalue weighted by atomic mass is 10.2. The molecule has 0 saturated heterocycles. The van der Waals surface area contributed by atoms with E-state index < -0.39 is 0 Å². The molecule has 0 aliphatic rings. The molecule has 94 valence electrons. The number of ether oxygens (including phenoxy) is 1. The number of nitrogens with one attached hydrogen (secondary N) is 1. The second-order valence-electron chi connectivity index (χ2n) is 4.04. The van der Waals surface area contributed by atoms with Crippen LogP contribution in [0.4, 0.5) is 17.1 Å². The molecule has 0 aliphatic heterocycles. The van der Waals surface area contributed by atoms with E-state index in [0.717, 1.165) is 28.4 Å². The predicted molar refractivity (Wildman–Crippen MR) is 76.9 cm³/mol. The maximum absolute atomic E-state index is 6.12. The van der Waals surface area contributed by atoms with Crippen LogP contribution in [0.25, 0.3) is 0 Å². The van der Waals surface area contributed by atoms with E-state index in [0.29, 0.717) is 5.02 Å². The monoisotopic (exact) mass is 262 g/mol. The Morgan fingerprint density at radius 2 is 1.94 bits per heavy atom. The highest BCUT2D eigenvalue weighted by molar-refractivity contribution is 6.33. The van der Waals surface area contributed by atoms with Gasteiger partial charge < -0.3 is 15.8 Å². The summed E-state index contributed by atoms with van der Waals surface area (Å²) in [4.78, 5) is 0. The van der Waals surface area contributed by atoms with Crippen molar-refractivity contribution in [1.82, 2.24) is 0 Å². The van der Waals surface area contributed by atoms with Crippen LogP contribution in [0.2, 0.25) is 5.02 Å². The van der Waals surface area contributed by atoms with Gasteiger partial charge in [-0.3, -0.25) is 0 Å². The Labute approximate surface area is 112 Å². The second-order valence-corrected chi connectivity index (χ2v) is 4.45. The summed E-state index contributed by atoms with van der Waals surface area (Å²) in [6.45, 7) is 1.97. The second kappa shape index (κ2) is 5.19. The van der Waals surface area contributed by atoms with Gasteiger partial charge in [0.2, 0.25) is 0 Å². The molecule has 0 atom stereocenters. The first-order valence-corrected chi connectivity index (χ1v) is 5.94. The first-order valence-electron chi connectivity index (χ1n) is 5.57. The number of halogens is 1. The van der Waals surface area contributed by atoms with Crippen molar-refractivity contribution in [3.63, 3.8) is 0 Å². The third kappa shape index (κ3) is 2.68. The normalized spacial score (nSPS) is 10.2. The first kappa shape index (κ1) is 12.6. The van der Waals surface area contributed by atoms with Crippen LogP contribution >= 0.6 is 11.6 Å². The topological polar surface area (TPSA) is 47.3 Å². The van der Waals surface area contributed by atoms with Crippen LogP contribution in [0.15, 0.2) is 36.4 Å². The number of nitrogen functional groups attached to an aromatic ring is 1. The summed E-state index contributed by atoms with van der Waals surface area (Å²) >= 11 is 6.12. The van der Waals surface area contributed by atoms with Crippen LogP contribution in [0, 0.1) is 6.92 Å². The number of methoxy groups -OCH3 is 1. The van der Waals surface area contributed by atoms with Crippen LogP contribution in [0.5, 0.6) is 5.75 Å². The number of rotatable bonds is 3. The molecule has 0 aliphatic carbocycles. The fourth-order valence-corrected chi connectivity index (χ4v) is 1.77. The Morgan fingerprint density at radius 3 is 2.61 bits per heavy atom. The fourth-order valence-electron chi connectivity index (χ4n) is 1.60. The van der Waals surface area contributed by atoms with Crippen LogP contribution in [-0.2, 0) is 0 Å². The van der Waals surface area contributed by atoms with Crippen molar-refractivity contribution in [1.29, 1.82) is 0 Å². The zero-order chi connectivity index (χ0) is 13.1. The van der Waals surface area contributed by atoms with E-state index in [4.69, 9.17) is 22.1 Å². The van der Waals surface area contributed by atoms with Crippen LogP contribution in [0.3, 0.4) is 0 Å².